The van der Waals surface area contributed by atoms with Crippen LogP contribution < -0.4 is 16.6 Å². The Morgan fingerprint density at radius 1 is 1.38 bits per heavy atom. The Bertz CT molecular complexity index is 736. The maximum atomic E-state index is 11.9. The van der Waals surface area contributed by atoms with Crippen molar-refractivity contribution < 1.29 is 4.79 Å². The van der Waals surface area contributed by atoms with Crippen molar-refractivity contribution in [3.63, 3.8) is 0 Å². The summed E-state index contributed by atoms with van der Waals surface area (Å²) in [5, 5.41) is 2.73. The number of amides is 1. The molecule has 1 aromatic carbocycles. The van der Waals surface area contributed by atoms with Gasteiger partial charge in [-0.15, -0.1) is 0 Å². The third kappa shape index (κ3) is 4.03. The first-order valence-corrected chi connectivity index (χ1v) is 6.30. The molecule has 6 heteroatoms. The van der Waals surface area contributed by atoms with Gasteiger partial charge in [-0.05, 0) is 11.6 Å². The van der Waals surface area contributed by atoms with Crippen LogP contribution in [0.5, 0.6) is 0 Å². The molecule has 0 saturated carbocycles. The number of hydrogen-bond donors (Lipinski definition) is 3. The second kappa shape index (κ2) is 7.03. The maximum Gasteiger partial charge on any atom is 0.271 e. The molecule has 0 fully saturated rings. The molecule has 2 aromatic rings. The molecule has 0 radical (unpaired) electrons. The molecule has 4 N–H and O–H groups in total. The summed E-state index contributed by atoms with van der Waals surface area (Å²) < 4.78 is 0. The van der Waals surface area contributed by atoms with Crippen LogP contribution >= 0.6 is 0 Å². The number of nitrogens with two attached hydrogens (primary N) is 1. The molecule has 0 spiro atoms. The molecular formula is C15H14N4O2. The molecule has 0 atom stereocenters. The Balaban J connectivity index is 2.08. The summed E-state index contributed by atoms with van der Waals surface area (Å²) in [5.74, 6) is 5.37. The molecule has 0 saturated heterocycles. The molecule has 0 aliphatic rings. The number of carbonyl (C=O) groups excluding carboxylic acids is 1. The lowest BCUT2D eigenvalue weighted by Gasteiger charge is -2.06. The van der Waals surface area contributed by atoms with E-state index in [1.54, 1.807) is 0 Å². The van der Waals surface area contributed by atoms with Crippen molar-refractivity contribution >= 4 is 5.91 Å². The van der Waals surface area contributed by atoms with Crippen molar-refractivity contribution in [3.05, 3.63) is 63.8 Å². The van der Waals surface area contributed by atoms with Gasteiger partial charge < -0.3 is 16.0 Å². The first-order valence-electron chi connectivity index (χ1n) is 6.30. The Morgan fingerprint density at radius 3 is 2.90 bits per heavy atom. The Morgan fingerprint density at radius 2 is 2.19 bits per heavy atom. The van der Waals surface area contributed by atoms with E-state index in [4.69, 9.17) is 5.73 Å². The third-order valence-corrected chi connectivity index (χ3v) is 2.69. The molecule has 2 rings (SSSR count). The number of carbonyl (C=O) groups is 1. The summed E-state index contributed by atoms with van der Waals surface area (Å²) in [6, 6.07) is 7.48. The van der Waals surface area contributed by atoms with E-state index in [2.05, 4.69) is 27.1 Å². The standard InChI is InChI=1S/C15H14N4O2/c16-7-3-6-11-4-1-2-5-12(11)8-19-15(21)13-9-18-14(20)10-17-13/h1-2,4-5,9-10H,7-8,16H2,(H,18,20)(H,19,21). The lowest BCUT2D eigenvalue weighted by molar-refractivity contribution is 0.0945. The largest absolute Gasteiger partial charge is 0.347 e. The molecule has 1 heterocycles. The van der Waals surface area contributed by atoms with Crippen LogP contribution in [0.4, 0.5) is 0 Å². The average molecular weight is 282 g/mol. The smallest absolute Gasteiger partial charge is 0.271 e. The van der Waals surface area contributed by atoms with Gasteiger partial charge in [0.2, 0.25) is 0 Å². The Labute approximate surface area is 121 Å². The minimum Gasteiger partial charge on any atom is -0.347 e. The highest BCUT2D eigenvalue weighted by atomic mass is 16.2. The van der Waals surface area contributed by atoms with Gasteiger partial charge in [-0.3, -0.25) is 9.59 Å². The van der Waals surface area contributed by atoms with Crippen LogP contribution in [-0.4, -0.2) is 22.4 Å². The molecule has 0 aliphatic carbocycles. The summed E-state index contributed by atoms with van der Waals surface area (Å²) in [7, 11) is 0. The van der Waals surface area contributed by atoms with Crippen LogP contribution in [0.1, 0.15) is 21.6 Å². The van der Waals surface area contributed by atoms with Crippen LogP contribution in [0, 0.1) is 11.8 Å². The number of hydrogen-bond acceptors (Lipinski definition) is 4. The number of nitrogens with one attached hydrogen (secondary N) is 2. The van der Waals surface area contributed by atoms with E-state index in [1.807, 2.05) is 24.3 Å². The summed E-state index contributed by atoms with van der Waals surface area (Å²) >= 11 is 0. The second-order valence-corrected chi connectivity index (χ2v) is 4.14. The van der Waals surface area contributed by atoms with Gasteiger partial charge in [-0.2, -0.15) is 0 Å². The van der Waals surface area contributed by atoms with Gasteiger partial charge in [0.15, 0.2) is 0 Å². The molecule has 0 aliphatic heterocycles. The highest BCUT2D eigenvalue weighted by Gasteiger charge is 2.07. The maximum absolute atomic E-state index is 11.9. The zero-order valence-electron chi connectivity index (χ0n) is 11.2. The van der Waals surface area contributed by atoms with Gasteiger partial charge in [-0.1, -0.05) is 30.0 Å². The van der Waals surface area contributed by atoms with E-state index in [0.29, 0.717) is 6.54 Å². The lowest BCUT2D eigenvalue weighted by Crippen LogP contribution is -2.25. The first-order chi connectivity index (χ1) is 10.2. The molecule has 1 amide bonds. The van der Waals surface area contributed by atoms with Crippen molar-refractivity contribution in [1.82, 2.24) is 15.3 Å². The quantitative estimate of drug-likeness (QED) is 0.690. The van der Waals surface area contributed by atoms with E-state index in [1.165, 1.54) is 6.20 Å². The van der Waals surface area contributed by atoms with E-state index >= 15 is 0 Å². The second-order valence-electron chi connectivity index (χ2n) is 4.14. The van der Waals surface area contributed by atoms with Crippen molar-refractivity contribution in [3.8, 4) is 11.8 Å². The predicted molar refractivity (Wildman–Crippen MR) is 78.4 cm³/mol. The van der Waals surface area contributed by atoms with Gasteiger partial charge in [0, 0.05) is 18.3 Å². The molecule has 6 nitrogen and oxygen atoms in total. The number of rotatable bonds is 3. The zero-order chi connectivity index (χ0) is 15.1. The summed E-state index contributed by atoms with van der Waals surface area (Å²) in [6.45, 7) is 0.594. The topological polar surface area (TPSA) is 101 Å². The highest BCUT2D eigenvalue weighted by molar-refractivity contribution is 5.91. The summed E-state index contributed by atoms with van der Waals surface area (Å²) in [6.07, 6.45) is 2.34. The van der Waals surface area contributed by atoms with Crippen molar-refractivity contribution in [1.29, 1.82) is 0 Å². The van der Waals surface area contributed by atoms with Crippen LogP contribution in [0.25, 0.3) is 0 Å². The normalized spacial score (nSPS) is 9.57. The molecule has 1 aromatic heterocycles. The number of aromatic nitrogens is 2. The zero-order valence-corrected chi connectivity index (χ0v) is 11.2. The van der Waals surface area contributed by atoms with Crippen molar-refractivity contribution in [2.45, 2.75) is 6.54 Å². The van der Waals surface area contributed by atoms with E-state index in [0.717, 1.165) is 17.3 Å². The number of H-pyrrole nitrogens is 1. The number of nitrogens with zero attached hydrogens (tertiary/aromatic N) is 1. The van der Waals surface area contributed by atoms with E-state index in [9.17, 15) is 9.59 Å². The van der Waals surface area contributed by atoms with Crippen LogP contribution in [-0.2, 0) is 6.54 Å². The molecule has 0 bridgehead atoms. The molecule has 21 heavy (non-hydrogen) atoms. The first kappa shape index (κ1) is 14.5. The van der Waals surface area contributed by atoms with Gasteiger partial charge >= 0.3 is 0 Å². The fourth-order valence-corrected chi connectivity index (χ4v) is 1.68. The van der Waals surface area contributed by atoms with Gasteiger partial charge in [0.25, 0.3) is 11.5 Å². The fourth-order valence-electron chi connectivity index (χ4n) is 1.68. The van der Waals surface area contributed by atoms with E-state index in [-0.39, 0.29) is 23.7 Å². The van der Waals surface area contributed by atoms with Gasteiger partial charge in [-0.25, -0.2) is 4.98 Å². The molecule has 106 valence electrons. The van der Waals surface area contributed by atoms with E-state index < -0.39 is 0 Å². The monoisotopic (exact) mass is 282 g/mol. The number of benzene rings is 1. The van der Waals surface area contributed by atoms with Gasteiger partial charge in [0.05, 0.1) is 12.7 Å². The lowest BCUT2D eigenvalue weighted by atomic mass is 10.1. The minimum atomic E-state index is -0.368. The van der Waals surface area contributed by atoms with Crippen LogP contribution in [0.15, 0.2) is 41.5 Å². The number of aromatic amines is 1. The summed E-state index contributed by atoms with van der Waals surface area (Å²) in [5.41, 5.74) is 6.86. The fraction of sp³-hybridized carbons (Fsp3) is 0.133. The predicted octanol–water partition coefficient (Wildman–Crippen LogP) is 0.0101. The van der Waals surface area contributed by atoms with Crippen molar-refractivity contribution in [2.24, 2.45) is 5.73 Å². The average Bonchev–Trinajstić information content (AvgIpc) is 2.52. The Hall–Kier alpha value is -2.91. The SMILES string of the molecule is NCC#Cc1ccccc1CNC(=O)c1c[nH]c(=O)cn1. The highest BCUT2D eigenvalue weighted by Crippen LogP contribution is 2.07. The van der Waals surface area contributed by atoms with Crippen molar-refractivity contribution in [2.75, 3.05) is 6.54 Å². The van der Waals surface area contributed by atoms with Gasteiger partial charge in [0.1, 0.15) is 5.69 Å². The third-order valence-electron chi connectivity index (χ3n) is 2.69. The van der Waals surface area contributed by atoms with Crippen LogP contribution in [0.3, 0.4) is 0 Å². The Kier molecular flexibility index (Phi) is 4.85. The van der Waals surface area contributed by atoms with Crippen LogP contribution in [0.2, 0.25) is 0 Å². The molecular weight excluding hydrogens is 268 g/mol. The minimum absolute atomic E-state index is 0.153. The summed E-state index contributed by atoms with van der Waals surface area (Å²) in [4.78, 5) is 29.0. The molecule has 0 unspecified atom stereocenters.